The smallest absolute Gasteiger partial charge is 0.0618 e. The number of benzene rings is 1. The summed E-state index contributed by atoms with van der Waals surface area (Å²) < 4.78 is 5.31. The third-order valence-corrected chi connectivity index (χ3v) is 4.29. The van der Waals surface area contributed by atoms with Crippen molar-refractivity contribution in [3.63, 3.8) is 0 Å². The highest BCUT2D eigenvalue weighted by atomic mass is 16.5. The fourth-order valence-electron chi connectivity index (χ4n) is 2.98. The van der Waals surface area contributed by atoms with Crippen LogP contribution in [-0.2, 0) is 17.7 Å². The molecular weight excluding hydrogens is 262 g/mol. The van der Waals surface area contributed by atoms with Crippen molar-refractivity contribution >= 4 is 0 Å². The molecule has 0 bridgehead atoms. The summed E-state index contributed by atoms with van der Waals surface area (Å²) in [5, 5.41) is 9.78. The number of methoxy groups -OCH3 is 1. The first-order chi connectivity index (χ1) is 9.98. The molecular formula is C18H29NO2. The molecule has 0 radical (unpaired) electrons. The zero-order valence-corrected chi connectivity index (χ0v) is 13.6. The normalized spacial score (nSPS) is 20.1. The standard InChI is InChI=1S/C18H29NO2/c1-18(2,20)11-10-15-6-8-16(9-7-15)13-19-12-4-5-17(19)14-21-3/h6-9,17,20H,4-5,10-14H2,1-3H3. The predicted octanol–water partition coefficient (Wildman–Crippen LogP) is 3.00. The lowest BCUT2D eigenvalue weighted by Crippen LogP contribution is -2.32. The molecule has 1 aliphatic heterocycles. The summed E-state index contributed by atoms with van der Waals surface area (Å²) in [4.78, 5) is 2.52. The van der Waals surface area contributed by atoms with E-state index in [9.17, 15) is 5.11 Å². The van der Waals surface area contributed by atoms with Crippen molar-refractivity contribution in [3.8, 4) is 0 Å². The second kappa shape index (κ2) is 7.39. The second-order valence-electron chi connectivity index (χ2n) is 6.85. The quantitative estimate of drug-likeness (QED) is 0.838. The predicted molar refractivity (Wildman–Crippen MR) is 86.4 cm³/mol. The summed E-state index contributed by atoms with van der Waals surface area (Å²) in [6, 6.07) is 9.42. The SMILES string of the molecule is COCC1CCCN1Cc1ccc(CCC(C)(C)O)cc1. The van der Waals surface area contributed by atoms with Gasteiger partial charge in [0.25, 0.3) is 0 Å². The molecule has 1 fully saturated rings. The van der Waals surface area contributed by atoms with Gasteiger partial charge in [-0.1, -0.05) is 24.3 Å². The molecule has 21 heavy (non-hydrogen) atoms. The summed E-state index contributed by atoms with van der Waals surface area (Å²) in [5.41, 5.74) is 2.09. The van der Waals surface area contributed by atoms with Crippen LogP contribution >= 0.6 is 0 Å². The van der Waals surface area contributed by atoms with E-state index in [-0.39, 0.29) is 0 Å². The van der Waals surface area contributed by atoms with E-state index in [0.717, 1.165) is 26.0 Å². The number of aliphatic hydroxyl groups is 1. The van der Waals surface area contributed by atoms with Crippen LogP contribution in [0, 0.1) is 0 Å². The number of hydrogen-bond donors (Lipinski definition) is 1. The molecule has 1 aromatic rings. The Morgan fingerprint density at radius 1 is 1.24 bits per heavy atom. The van der Waals surface area contributed by atoms with E-state index in [1.807, 2.05) is 13.8 Å². The number of aryl methyl sites for hydroxylation is 1. The van der Waals surface area contributed by atoms with Crippen molar-refractivity contribution in [2.24, 2.45) is 0 Å². The second-order valence-corrected chi connectivity index (χ2v) is 6.85. The van der Waals surface area contributed by atoms with Crippen molar-refractivity contribution in [2.75, 3.05) is 20.3 Å². The first-order valence-corrected chi connectivity index (χ1v) is 8.01. The zero-order valence-electron chi connectivity index (χ0n) is 13.6. The molecule has 0 saturated carbocycles. The molecule has 1 heterocycles. The first-order valence-electron chi connectivity index (χ1n) is 8.01. The fraction of sp³-hybridized carbons (Fsp3) is 0.667. The number of ether oxygens (including phenoxy) is 1. The molecule has 3 nitrogen and oxygen atoms in total. The highest BCUT2D eigenvalue weighted by Crippen LogP contribution is 2.21. The number of nitrogens with zero attached hydrogens (tertiary/aromatic N) is 1. The lowest BCUT2D eigenvalue weighted by atomic mass is 9.98. The molecule has 0 aromatic heterocycles. The van der Waals surface area contributed by atoms with E-state index in [1.165, 1.54) is 30.5 Å². The maximum absolute atomic E-state index is 9.78. The fourth-order valence-corrected chi connectivity index (χ4v) is 2.98. The Balaban J connectivity index is 1.87. The summed E-state index contributed by atoms with van der Waals surface area (Å²) >= 11 is 0. The van der Waals surface area contributed by atoms with E-state index in [0.29, 0.717) is 6.04 Å². The van der Waals surface area contributed by atoms with Gasteiger partial charge in [0.05, 0.1) is 12.2 Å². The summed E-state index contributed by atoms with van der Waals surface area (Å²) in [6.45, 7) is 6.76. The minimum Gasteiger partial charge on any atom is -0.390 e. The Bertz CT molecular complexity index is 422. The average Bonchev–Trinajstić information content (AvgIpc) is 2.85. The molecule has 2 rings (SSSR count). The Morgan fingerprint density at radius 2 is 1.90 bits per heavy atom. The number of likely N-dealkylation sites (tertiary alicyclic amines) is 1. The van der Waals surface area contributed by atoms with E-state index in [4.69, 9.17) is 4.74 Å². The average molecular weight is 291 g/mol. The van der Waals surface area contributed by atoms with Gasteiger partial charge in [-0.15, -0.1) is 0 Å². The Kier molecular flexibility index (Phi) is 5.80. The summed E-state index contributed by atoms with van der Waals surface area (Å²) in [7, 11) is 1.79. The zero-order chi connectivity index (χ0) is 15.3. The highest BCUT2D eigenvalue weighted by Gasteiger charge is 2.24. The monoisotopic (exact) mass is 291 g/mol. The van der Waals surface area contributed by atoms with Gasteiger partial charge in [-0.25, -0.2) is 0 Å². The van der Waals surface area contributed by atoms with Crippen LogP contribution in [-0.4, -0.2) is 41.9 Å². The van der Waals surface area contributed by atoms with Gasteiger partial charge < -0.3 is 9.84 Å². The molecule has 1 unspecified atom stereocenters. The molecule has 1 aliphatic rings. The van der Waals surface area contributed by atoms with Crippen molar-refractivity contribution < 1.29 is 9.84 Å². The van der Waals surface area contributed by atoms with E-state index in [1.54, 1.807) is 7.11 Å². The third-order valence-electron chi connectivity index (χ3n) is 4.29. The Morgan fingerprint density at radius 3 is 2.52 bits per heavy atom. The van der Waals surface area contributed by atoms with Crippen molar-refractivity contribution in [3.05, 3.63) is 35.4 Å². The van der Waals surface area contributed by atoms with Crippen LogP contribution in [0.1, 0.15) is 44.2 Å². The van der Waals surface area contributed by atoms with Crippen LogP contribution in [0.5, 0.6) is 0 Å². The summed E-state index contributed by atoms with van der Waals surface area (Å²) in [6.07, 6.45) is 4.25. The van der Waals surface area contributed by atoms with Gasteiger partial charge in [-0.05, 0) is 57.2 Å². The lowest BCUT2D eigenvalue weighted by molar-refractivity contribution is 0.0714. The molecule has 0 spiro atoms. The highest BCUT2D eigenvalue weighted by molar-refractivity contribution is 5.23. The van der Waals surface area contributed by atoms with Gasteiger partial charge in [0, 0.05) is 19.7 Å². The van der Waals surface area contributed by atoms with Crippen LogP contribution in [0.3, 0.4) is 0 Å². The van der Waals surface area contributed by atoms with Crippen LogP contribution < -0.4 is 0 Å². The summed E-state index contributed by atoms with van der Waals surface area (Å²) in [5.74, 6) is 0. The lowest BCUT2D eigenvalue weighted by Gasteiger charge is -2.24. The Hall–Kier alpha value is -0.900. The van der Waals surface area contributed by atoms with E-state index >= 15 is 0 Å². The molecule has 1 aromatic carbocycles. The molecule has 1 N–H and O–H groups in total. The maximum atomic E-state index is 9.78. The van der Waals surface area contributed by atoms with Crippen LogP contribution in [0.2, 0.25) is 0 Å². The van der Waals surface area contributed by atoms with Crippen molar-refractivity contribution in [1.82, 2.24) is 4.90 Å². The van der Waals surface area contributed by atoms with Gasteiger partial charge in [-0.3, -0.25) is 4.90 Å². The van der Waals surface area contributed by atoms with E-state index in [2.05, 4.69) is 29.2 Å². The van der Waals surface area contributed by atoms with E-state index < -0.39 is 5.60 Å². The van der Waals surface area contributed by atoms with Crippen LogP contribution in [0.25, 0.3) is 0 Å². The minimum atomic E-state index is -0.582. The number of rotatable bonds is 7. The molecule has 1 saturated heterocycles. The minimum absolute atomic E-state index is 0.574. The molecule has 3 heteroatoms. The van der Waals surface area contributed by atoms with Crippen molar-refractivity contribution in [2.45, 2.75) is 57.7 Å². The van der Waals surface area contributed by atoms with Crippen LogP contribution in [0.15, 0.2) is 24.3 Å². The van der Waals surface area contributed by atoms with Crippen LogP contribution in [0.4, 0.5) is 0 Å². The molecule has 0 amide bonds. The largest absolute Gasteiger partial charge is 0.390 e. The van der Waals surface area contributed by atoms with Gasteiger partial charge >= 0.3 is 0 Å². The van der Waals surface area contributed by atoms with Gasteiger partial charge in [0.2, 0.25) is 0 Å². The number of hydrogen-bond acceptors (Lipinski definition) is 3. The van der Waals surface area contributed by atoms with Gasteiger partial charge in [-0.2, -0.15) is 0 Å². The maximum Gasteiger partial charge on any atom is 0.0618 e. The Labute approximate surface area is 128 Å². The van der Waals surface area contributed by atoms with Gasteiger partial charge in [0.1, 0.15) is 0 Å². The first kappa shape index (κ1) is 16.5. The third kappa shape index (κ3) is 5.42. The van der Waals surface area contributed by atoms with Crippen molar-refractivity contribution in [1.29, 1.82) is 0 Å². The van der Waals surface area contributed by atoms with Gasteiger partial charge in [0.15, 0.2) is 0 Å². The molecule has 1 atom stereocenters. The molecule has 0 aliphatic carbocycles. The topological polar surface area (TPSA) is 32.7 Å². The molecule has 118 valence electrons.